The zero-order valence-corrected chi connectivity index (χ0v) is 17.2. The van der Waals surface area contributed by atoms with Gasteiger partial charge in [0.25, 0.3) is 15.7 Å². The predicted octanol–water partition coefficient (Wildman–Crippen LogP) is 4.28. The summed E-state index contributed by atoms with van der Waals surface area (Å²) in [5.74, 6) is 0. The maximum absolute atomic E-state index is 12.9. The van der Waals surface area contributed by atoms with Gasteiger partial charge in [-0.3, -0.25) is 25.2 Å². The fourth-order valence-corrected chi connectivity index (χ4v) is 3.83. The monoisotopic (exact) mass is 445 g/mol. The summed E-state index contributed by atoms with van der Waals surface area (Å²) in [6, 6.07) is 13.0. The Bertz CT molecular complexity index is 1200. The van der Waals surface area contributed by atoms with Crippen LogP contribution in [0.4, 0.5) is 17.1 Å². The number of nitro benzene ring substituents is 1. The van der Waals surface area contributed by atoms with Crippen LogP contribution in [0.25, 0.3) is 0 Å². The number of benzene rings is 2. The molecule has 0 radical (unpaired) electrons. The molecule has 30 heavy (non-hydrogen) atoms. The zero-order chi connectivity index (χ0) is 21.7. The fourth-order valence-electron chi connectivity index (χ4n) is 2.47. The smallest absolute Gasteiger partial charge is 0.270 e. The highest BCUT2D eigenvalue weighted by Crippen LogP contribution is 2.28. The predicted molar refractivity (Wildman–Crippen MR) is 115 cm³/mol. The average Bonchev–Trinajstić information content (AvgIpc) is 2.74. The highest BCUT2D eigenvalue weighted by molar-refractivity contribution is 7.92. The van der Waals surface area contributed by atoms with E-state index in [1.54, 1.807) is 31.5 Å². The van der Waals surface area contributed by atoms with Crippen LogP contribution in [0.3, 0.4) is 0 Å². The van der Waals surface area contributed by atoms with Crippen molar-refractivity contribution in [2.75, 3.05) is 10.1 Å². The number of sulfonamides is 1. The van der Waals surface area contributed by atoms with Crippen LogP contribution < -0.4 is 10.1 Å². The van der Waals surface area contributed by atoms with Gasteiger partial charge < -0.3 is 0 Å². The molecule has 0 aliphatic carbocycles. The molecule has 0 saturated heterocycles. The summed E-state index contributed by atoms with van der Waals surface area (Å²) in [5.41, 5.74) is 4.01. The van der Waals surface area contributed by atoms with Crippen molar-refractivity contribution in [2.45, 2.75) is 11.8 Å². The van der Waals surface area contributed by atoms with Crippen LogP contribution >= 0.6 is 11.6 Å². The molecule has 0 aliphatic heterocycles. The first-order chi connectivity index (χ1) is 14.3. The molecule has 2 N–H and O–H groups in total. The Morgan fingerprint density at radius 1 is 1.10 bits per heavy atom. The molecular formula is C19H16ClN5O4S. The second-order valence-corrected chi connectivity index (χ2v) is 8.18. The van der Waals surface area contributed by atoms with Crippen LogP contribution in [0.2, 0.25) is 5.02 Å². The number of nitrogens with one attached hydrogen (secondary N) is 2. The van der Waals surface area contributed by atoms with Crippen molar-refractivity contribution >= 4 is 44.4 Å². The number of hydrazone groups is 1. The molecular weight excluding hydrogens is 430 g/mol. The lowest BCUT2D eigenvalue weighted by Gasteiger charge is -2.12. The lowest BCUT2D eigenvalue weighted by molar-refractivity contribution is -0.385. The van der Waals surface area contributed by atoms with Gasteiger partial charge in [0.1, 0.15) is 4.90 Å². The molecule has 11 heteroatoms. The minimum atomic E-state index is -4.16. The fraction of sp³-hybridized carbons (Fsp3) is 0.0526. The Morgan fingerprint density at radius 3 is 2.40 bits per heavy atom. The molecule has 154 valence electrons. The van der Waals surface area contributed by atoms with E-state index in [0.29, 0.717) is 10.7 Å². The number of hydrogen-bond acceptors (Lipinski definition) is 7. The van der Waals surface area contributed by atoms with E-state index in [4.69, 9.17) is 11.6 Å². The molecule has 0 amide bonds. The average molecular weight is 446 g/mol. The van der Waals surface area contributed by atoms with Crippen molar-refractivity contribution in [3.05, 3.63) is 87.7 Å². The van der Waals surface area contributed by atoms with E-state index in [9.17, 15) is 18.5 Å². The molecule has 0 spiro atoms. The van der Waals surface area contributed by atoms with E-state index in [-0.39, 0.29) is 22.0 Å². The quantitative estimate of drug-likeness (QED) is 0.317. The first-order valence-corrected chi connectivity index (χ1v) is 10.4. The zero-order valence-electron chi connectivity index (χ0n) is 15.6. The van der Waals surface area contributed by atoms with Crippen molar-refractivity contribution in [1.82, 2.24) is 4.98 Å². The first-order valence-electron chi connectivity index (χ1n) is 8.54. The van der Waals surface area contributed by atoms with E-state index in [2.05, 4.69) is 20.2 Å². The highest BCUT2D eigenvalue weighted by atomic mass is 35.5. The molecule has 0 bridgehead atoms. The molecule has 0 atom stereocenters. The van der Waals surface area contributed by atoms with Gasteiger partial charge in [-0.15, -0.1) is 0 Å². The molecule has 3 aromatic rings. The van der Waals surface area contributed by atoms with Gasteiger partial charge in [-0.25, -0.2) is 8.42 Å². The highest BCUT2D eigenvalue weighted by Gasteiger charge is 2.23. The summed E-state index contributed by atoms with van der Waals surface area (Å²) >= 11 is 5.82. The minimum absolute atomic E-state index is 0.0791. The second kappa shape index (κ2) is 8.89. The second-order valence-electron chi connectivity index (χ2n) is 6.09. The Labute approximate surface area is 177 Å². The number of non-ortho nitro benzene ring substituents is 1. The molecule has 3 rings (SSSR count). The summed E-state index contributed by atoms with van der Waals surface area (Å²) in [7, 11) is -4.16. The van der Waals surface area contributed by atoms with Gasteiger partial charge in [-0.1, -0.05) is 11.6 Å². The Hall–Kier alpha value is -3.50. The largest absolute Gasteiger partial charge is 0.280 e. The van der Waals surface area contributed by atoms with E-state index >= 15 is 0 Å². The lowest BCUT2D eigenvalue weighted by atomic mass is 10.2. The SMILES string of the molecule is CC(=NNc1ccc([N+](=O)[O-])cc1S(=O)(=O)Nc1ccc(Cl)cc1)c1ccncc1. The molecule has 0 fully saturated rings. The lowest BCUT2D eigenvalue weighted by Crippen LogP contribution is -2.15. The van der Waals surface area contributed by atoms with Crippen LogP contribution in [0.5, 0.6) is 0 Å². The molecule has 9 nitrogen and oxygen atoms in total. The standard InChI is InChI=1S/C19H16ClN5O4S/c1-13(14-8-10-21-11-9-14)22-23-18-7-6-17(25(26)27)12-19(18)30(28,29)24-16-4-2-15(20)3-5-16/h2-12,23-24H,1H3. The normalized spacial score (nSPS) is 11.7. The van der Waals surface area contributed by atoms with Gasteiger partial charge in [0.15, 0.2) is 0 Å². The van der Waals surface area contributed by atoms with Gasteiger partial charge in [0.05, 0.1) is 16.3 Å². The molecule has 0 unspecified atom stereocenters. The maximum Gasteiger partial charge on any atom is 0.270 e. The third kappa shape index (κ3) is 5.10. The number of nitro groups is 1. The van der Waals surface area contributed by atoms with Crippen molar-refractivity contribution in [2.24, 2.45) is 5.10 Å². The number of aromatic nitrogens is 1. The molecule has 2 aromatic carbocycles. The number of halogens is 1. The van der Waals surface area contributed by atoms with Crippen molar-refractivity contribution in [3.8, 4) is 0 Å². The summed E-state index contributed by atoms with van der Waals surface area (Å²) in [6.07, 6.45) is 3.21. The van der Waals surface area contributed by atoms with Crippen LogP contribution in [-0.2, 0) is 10.0 Å². The molecule has 1 aromatic heterocycles. The summed E-state index contributed by atoms with van der Waals surface area (Å²) in [6.45, 7) is 1.73. The summed E-state index contributed by atoms with van der Waals surface area (Å²) in [5, 5.41) is 15.8. The summed E-state index contributed by atoms with van der Waals surface area (Å²) < 4.78 is 28.2. The number of rotatable bonds is 7. The molecule has 1 heterocycles. The van der Waals surface area contributed by atoms with E-state index in [1.165, 1.54) is 36.4 Å². The Morgan fingerprint density at radius 2 is 1.77 bits per heavy atom. The number of anilines is 2. The van der Waals surface area contributed by atoms with E-state index in [0.717, 1.165) is 11.6 Å². The van der Waals surface area contributed by atoms with Crippen molar-refractivity contribution in [3.63, 3.8) is 0 Å². The molecule has 0 aliphatic rings. The number of hydrogen-bond donors (Lipinski definition) is 2. The number of pyridine rings is 1. The topological polar surface area (TPSA) is 127 Å². The van der Waals surface area contributed by atoms with Crippen LogP contribution in [0.15, 0.2) is 77.0 Å². The van der Waals surface area contributed by atoms with Gasteiger partial charge >= 0.3 is 0 Å². The number of nitrogens with zero attached hydrogens (tertiary/aromatic N) is 3. The van der Waals surface area contributed by atoms with Gasteiger partial charge in [-0.2, -0.15) is 5.10 Å². The third-order valence-corrected chi connectivity index (χ3v) is 5.68. The van der Waals surface area contributed by atoms with Gasteiger partial charge in [-0.05, 0) is 49.4 Å². The van der Waals surface area contributed by atoms with Crippen molar-refractivity contribution < 1.29 is 13.3 Å². The minimum Gasteiger partial charge on any atom is -0.280 e. The van der Waals surface area contributed by atoms with Gasteiger partial charge in [0.2, 0.25) is 0 Å². The third-order valence-electron chi connectivity index (χ3n) is 4.00. The van der Waals surface area contributed by atoms with E-state index < -0.39 is 14.9 Å². The van der Waals surface area contributed by atoms with Gasteiger partial charge in [0, 0.05) is 40.8 Å². The molecule has 0 saturated carbocycles. The Balaban J connectivity index is 1.97. The van der Waals surface area contributed by atoms with Crippen molar-refractivity contribution in [1.29, 1.82) is 0 Å². The van der Waals surface area contributed by atoms with E-state index in [1.807, 2.05) is 0 Å². The Kier molecular flexibility index (Phi) is 6.28. The maximum atomic E-state index is 12.9. The van der Waals surface area contributed by atoms with Crippen LogP contribution in [0.1, 0.15) is 12.5 Å². The van der Waals surface area contributed by atoms with Crippen LogP contribution in [-0.4, -0.2) is 24.0 Å². The first kappa shape index (κ1) is 21.2. The van der Waals surface area contributed by atoms with Crippen LogP contribution in [0, 0.1) is 10.1 Å². The summed E-state index contributed by atoms with van der Waals surface area (Å²) in [4.78, 5) is 14.1.